The molecule has 0 radical (unpaired) electrons. The molecule has 0 unspecified atom stereocenters. The zero-order valence-electron chi connectivity index (χ0n) is 10.8. The fraction of sp³-hybridized carbons (Fsp3) is 0.286. The van der Waals surface area contributed by atoms with Gasteiger partial charge in [-0.05, 0) is 19.1 Å². The van der Waals surface area contributed by atoms with Gasteiger partial charge in [-0.25, -0.2) is 18.7 Å². The summed E-state index contributed by atoms with van der Waals surface area (Å²) in [7, 11) is 0. The van der Waals surface area contributed by atoms with Crippen molar-refractivity contribution < 1.29 is 13.9 Å². The lowest BCUT2D eigenvalue weighted by molar-refractivity contribution is 0.273. The van der Waals surface area contributed by atoms with Crippen LogP contribution in [0.5, 0.6) is 5.75 Å². The Morgan fingerprint density at radius 3 is 2.70 bits per heavy atom. The monoisotopic (exact) mass is 277 g/mol. The molecule has 1 aliphatic rings. The number of anilines is 1. The van der Waals surface area contributed by atoms with Crippen LogP contribution in [0.3, 0.4) is 0 Å². The van der Waals surface area contributed by atoms with E-state index >= 15 is 0 Å². The molecule has 0 amide bonds. The fourth-order valence-corrected chi connectivity index (χ4v) is 2.32. The molecule has 0 aliphatic carbocycles. The summed E-state index contributed by atoms with van der Waals surface area (Å²) in [5.74, 6) is -0.174. The minimum atomic E-state index is -0.872. The highest BCUT2D eigenvalue weighted by atomic mass is 19.1. The smallest absolute Gasteiger partial charge is 0.140 e. The first-order valence-corrected chi connectivity index (χ1v) is 6.26. The van der Waals surface area contributed by atoms with Crippen molar-refractivity contribution >= 4 is 5.82 Å². The molecule has 0 atom stereocenters. The van der Waals surface area contributed by atoms with Gasteiger partial charge in [0.15, 0.2) is 0 Å². The van der Waals surface area contributed by atoms with E-state index in [0.717, 1.165) is 6.07 Å². The molecule has 3 rings (SSSR count). The second-order valence-electron chi connectivity index (χ2n) is 4.82. The Bertz CT molecular complexity index is 657. The van der Waals surface area contributed by atoms with Crippen LogP contribution in [-0.4, -0.2) is 34.3 Å². The van der Waals surface area contributed by atoms with Gasteiger partial charge in [-0.1, -0.05) is 0 Å². The molecule has 1 N–H and O–H groups in total. The van der Waals surface area contributed by atoms with Gasteiger partial charge in [0.1, 0.15) is 29.9 Å². The van der Waals surface area contributed by atoms with Gasteiger partial charge in [-0.3, -0.25) is 0 Å². The molecule has 1 aromatic heterocycles. The first kappa shape index (κ1) is 12.8. The van der Waals surface area contributed by atoms with Crippen LogP contribution < -0.4 is 4.90 Å². The maximum absolute atomic E-state index is 14.1. The van der Waals surface area contributed by atoms with E-state index in [2.05, 4.69) is 9.97 Å². The molecular weight excluding hydrogens is 264 g/mol. The quantitative estimate of drug-likeness (QED) is 0.916. The van der Waals surface area contributed by atoms with Crippen LogP contribution in [0.25, 0.3) is 11.1 Å². The highest BCUT2D eigenvalue weighted by Crippen LogP contribution is 2.36. The van der Waals surface area contributed by atoms with Crippen LogP contribution in [0.15, 0.2) is 24.5 Å². The number of aromatic hydroxyl groups is 1. The normalized spacial score (nSPS) is 15.2. The highest BCUT2D eigenvalue weighted by molar-refractivity contribution is 5.79. The van der Waals surface area contributed by atoms with Crippen LogP contribution in [0.2, 0.25) is 0 Å². The average Bonchev–Trinajstić information content (AvgIpc) is 2.36. The molecule has 1 fully saturated rings. The van der Waals surface area contributed by atoms with Gasteiger partial charge in [-0.15, -0.1) is 0 Å². The molecule has 1 saturated heterocycles. The summed E-state index contributed by atoms with van der Waals surface area (Å²) in [5, 5.41) is 9.29. The molecule has 1 aromatic carbocycles. The Balaban J connectivity index is 2.12. The van der Waals surface area contributed by atoms with Crippen LogP contribution in [0, 0.1) is 12.7 Å². The number of aromatic nitrogens is 2. The number of nitrogens with zero attached hydrogens (tertiary/aromatic N) is 3. The van der Waals surface area contributed by atoms with E-state index < -0.39 is 12.0 Å². The second-order valence-corrected chi connectivity index (χ2v) is 4.82. The largest absolute Gasteiger partial charge is 0.508 e. The first-order chi connectivity index (χ1) is 9.56. The molecule has 0 bridgehead atoms. The lowest BCUT2D eigenvalue weighted by Gasteiger charge is -2.36. The van der Waals surface area contributed by atoms with Crippen LogP contribution in [0.1, 0.15) is 5.69 Å². The third-order valence-corrected chi connectivity index (χ3v) is 3.38. The van der Waals surface area contributed by atoms with E-state index in [4.69, 9.17) is 0 Å². The predicted octanol–water partition coefficient (Wildman–Crippen LogP) is 2.45. The molecular formula is C14H13F2N3O. The number of phenols is 1. The lowest BCUT2D eigenvalue weighted by atomic mass is 10.0. The maximum Gasteiger partial charge on any atom is 0.140 e. The van der Waals surface area contributed by atoms with Gasteiger partial charge in [-0.2, -0.15) is 0 Å². The van der Waals surface area contributed by atoms with Gasteiger partial charge in [0, 0.05) is 17.2 Å². The van der Waals surface area contributed by atoms with Gasteiger partial charge in [0.2, 0.25) is 0 Å². The summed E-state index contributed by atoms with van der Waals surface area (Å²) in [6, 6.07) is 3.93. The highest BCUT2D eigenvalue weighted by Gasteiger charge is 2.30. The number of aryl methyl sites for hydroxylation is 1. The molecule has 1 aliphatic heterocycles. The van der Waals surface area contributed by atoms with Crippen molar-refractivity contribution in [1.29, 1.82) is 0 Å². The molecule has 2 aromatic rings. The molecule has 2 heterocycles. The van der Waals surface area contributed by atoms with E-state index in [1.165, 1.54) is 18.5 Å². The number of benzene rings is 1. The number of halogens is 2. The van der Waals surface area contributed by atoms with Crippen LogP contribution >= 0.6 is 0 Å². The number of phenolic OH excluding ortho intramolecular Hbond substituents is 1. The summed E-state index contributed by atoms with van der Waals surface area (Å²) in [5.41, 5.74) is 1.46. The Hall–Kier alpha value is -2.24. The van der Waals surface area contributed by atoms with Crippen molar-refractivity contribution in [3.8, 4) is 16.9 Å². The number of rotatable bonds is 2. The van der Waals surface area contributed by atoms with Gasteiger partial charge in [0.25, 0.3) is 0 Å². The van der Waals surface area contributed by atoms with Crippen molar-refractivity contribution in [2.45, 2.75) is 13.1 Å². The third-order valence-electron chi connectivity index (χ3n) is 3.38. The average molecular weight is 277 g/mol. The van der Waals surface area contributed by atoms with Gasteiger partial charge >= 0.3 is 0 Å². The molecule has 4 nitrogen and oxygen atoms in total. The second kappa shape index (κ2) is 4.70. The SMILES string of the molecule is Cc1ncnc(N2CC(F)C2)c1-c1ccc(O)cc1F. The standard InChI is InChI=1S/C14H13F2N3O/c1-8-13(11-3-2-10(20)4-12(11)16)14(18-7-17-8)19-5-9(15)6-19/h2-4,7,9,20H,5-6H2,1H3. The lowest BCUT2D eigenvalue weighted by Crippen LogP contribution is -2.49. The first-order valence-electron chi connectivity index (χ1n) is 6.26. The summed E-state index contributed by atoms with van der Waals surface area (Å²) in [4.78, 5) is 9.98. The fourth-order valence-electron chi connectivity index (χ4n) is 2.32. The Labute approximate surface area is 114 Å². The topological polar surface area (TPSA) is 49.2 Å². The molecule has 20 heavy (non-hydrogen) atoms. The van der Waals surface area contributed by atoms with Crippen molar-refractivity contribution in [2.24, 2.45) is 0 Å². The van der Waals surface area contributed by atoms with Crippen LogP contribution in [-0.2, 0) is 0 Å². The zero-order valence-corrected chi connectivity index (χ0v) is 10.8. The number of hydrogen-bond donors (Lipinski definition) is 1. The summed E-state index contributed by atoms with van der Waals surface area (Å²) < 4.78 is 27.1. The van der Waals surface area contributed by atoms with Crippen molar-refractivity contribution in [2.75, 3.05) is 18.0 Å². The van der Waals surface area contributed by atoms with E-state index in [9.17, 15) is 13.9 Å². The molecule has 104 valence electrons. The third kappa shape index (κ3) is 2.07. The van der Waals surface area contributed by atoms with E-state index in [1.807, 2.05) is 0 Å². The zero-order chi connectivity index (χ0) is 14.3. The van der Waals surface area contributed by atoms with E-state index in [-0.39, 0.29) is 18.8 Å². The van der Waals surface area contributed by atoms with Crippen molar-refractivity contribution in [3.63, 3.8) is 0 Å². The number of alkyl halides is 1. The summed E-state index contributed by atoms with van der Waals surface area (Å²) in [6.07, 6.45) is 0.515. The molecule has 6 heteroatoms. The summed E-state index contributed by atoms with van der Waals surface area (Å²) >= 11 is 0. The molecule has 0 spiro atoms. The van der Waals surface area contributed by atoms with Crippen LogP contribution in [0.4, 0.5) is 14.6 Å². The van der Waals surface area contributed by atoms with Crippen molar-refractivity contribution in [1.82, 2.24) is 9.97 Å². The molecule has 0 saturated carbocycles. The van der Waals surface area contributed by atoms with E-state index in [0.29, 0.717) is 22.6 Å². The summed E-state index contributed by atoms with van der Waals surface area (Å²) in [6.45, 7) is 2.26. The van der Waals surface area contributed by atoms with Gasteiger partial charge < -0.3 is 10.0 Å². The Kier molecular flexibility index (Phi) is 3.00. The maximum atomic E-state index is 14.1. The van der Waals surface area contributed by atoms with Crippen molar-refractivity contribution in [3.05, 3.63) is 36.0 Å². The Morgan fingerprint density at radius 2 is 2.05 bits per heavy atom. The Morgan fingerprint density at radius 1 is 1.30 bits per heavy atom. The minimum Gasteiger partial charge on any atom is -0.508 e. The number of hydrogen-bond acceptors (Lipinski definition) is 4. The predicted molar refractivity (Wildman–Crippen MR) is 70.9 cm³/mol. The van der Waals surface area contributed by atoms with E-state index in [1.54, 1.807) is 11.8 Å². The minimum absolute atomic E-state index is 0.143. The van der Waals surface area contributed by atoms with Gasteiger partial charge in [0.05, 0.1) is 18.8 Å².